The van der Waals surface area contributed by atoms with Gasteiger partial charge in [-0.15, -0.1) is 5.01 Å². The van der Waals surface area contributed by atoms with E-state index in [1.807, 2.05) is 0 Å². The molecule has 0 radical (unpaired) electrons. The second kappa shape index (κ2) is 5.29. The van der Waals surface area contributed by atoms with Crippen molar-refractivity contribution in [1.82, 2.24) is 5.01 Å². The SMILES string of the molecule is N[N+]1=C=NN(Cc2ccc([N+](=O)[O-])cc2)C1.[Cl-]. The van der Waals surface area contributed by atoms with Crippen molar-refractivity contribution in [1.29, 1.82) is 0 Å². The second-order valence-corrected chi connectivity index (χ2v) is 3.40. The Hall–Kier alpha value is -2.11. The van der Waals surface area contributed by atoms with Gasteiger partial charge in [0.15, 0.2) is 0 Å². The lowest BCUT2D eigenvalue weighted by Gasteiger charge is -2.05. The summed E-state index contributed by atoms with van der Waals surface area (Å²) in [5.41, 5.74) is 1.02. The Balaban J connectivity index is 0.00000144. The number of halogens is 1. The van der Waals surface area contributed by atoms with Crippen LogP contribution in [0.25, 0.3) is 0 Å². The molecule has 1 aromatic carbocycles. The molecule has 17 heavy (non-hydrogen) atoms. The first-order valence-corrected chi connectivity index (χ1v) is 4.62. The second-order valence-electron chi connectivity index (χ2n) is 3.40. The van der Waals surface area contributed by atoms with Crippen LogP contribution in [0.5, 0.6) is 0 Å². The highest BCUT2D eigenvalue weighted by Gasteiger charge is 2.16. The van der Waals surface area contributed by atoms with Gasteiger partial charge in [-0.25, -0.2) is 0 Å². The molecule has 0 unspecified atom stereocenters. The van der Waals surface area contributed by atoms with Gasteiger partial charge >= 0.3 is 6.01 Å². The quantitative estimate of drug-likeness (QED) is 0.277. The Bertz CT molecular complexity index is 481. The van der Waals surface area contributed by atoms with Gasteiger partial charge in [0.05, 0.1) is 11.5 Å². The van der Waals surface area contributed by atoms with Gasteiger partial charge in [0.25, 0.3) is 5.69 Å². The highest BCUT2D eigenvalue weighted by atomic mass is 35.5. The van der Waals surface area contributed by atoms with Gasteiger partial charge in [-0.3, -0.25) is 16.0 Å². The number of hydrogen-bond donors (Lipinski definition) is 1. The summed E-state index contributed by atoms with van der Waals surface area (Å²) in [4.78, 5) is 10.0. The van der Waals surface area contributed by atoms with Crippen LogP contribution in [0, 0.1) is 10.1 Å². The molecule has 1 aliphatic rings. The van der Waals surface area contributed by atoms with E-state index in [9.17, 15) is 10.1 Å². The molecule has 90 valence electrons. The maximum Gasteiger partial charge on any atom is 0.365 e. The van der Waals surface area contributed by atoms with Crippen LogP contribution in [-0.2, 0) is 6.54 Å². The number of nitrogens with two attached hydrogens (primary N) is 1. The van der Waals surface area contributed by atoms with Crippen LogP contribution in [0.2, 0.25) is 0 Å². The predicted molar refractivity (Wildman–Crippen MR) is 55.4 cm³/mol. The van der Waals surface area contributed by atoms with Crippen LogP contribution in [0.4, 0.5) is 5.69 Å². The summed E-state index contributed by atoms with van der Waals surface area (Å²) in [7, 11) is 0. The lowest BCUT2D eigenvalue weighted by molar-refractivity contribution is -0.545. The third kappa shape index (κ3) is 3.17. The van der Waals surface area contributed by atoms with Gasteiger partial charge in [-0.2, -0.15) is 0 Å². The zero-order valence-electron chi connectivity index (χ0n) is 8.78. The van der Waals surface area contributed by atoms with Crippen molar-refractivity contribution in [3.63, 3.8) is 0 Å². The number of hydrazone groups is 2. The highest BCUT2D eigenvalue weighted by Crippen LogP contribution is 2.13. The number of benzene rings is 1. The Morgan fingerprint density at radius 3 is 2.65 bits per heavy atom. The number of hydrazine groups is 1. The van der Waals surface area contributed by atoms with Gasteiger partial charge < -0.3 is 12.4 Å². The molecular weight excluding hydrogens is 246 g/mol. The Morgan fingerprint density at radius 2 is 2.18 bits per heavy atom. The molecule has 0 aliphatic carbocycles. The Kier molecular flexibility index (Phi) is 4.03. The molecule has 1 aliphatic heterocycles. The standard InChI is InChI=1S/C9H10N5O2.ClH/c10-12-6-11-13(7-12)5-8-1-3-9(4-2-8)14(15)16;/h1-4H,5,7,10H2;1H/q+1;/p-1. The van der Waals surface area contributed by atoms with Gasteiger partial charge in [-0.05, 0) is 5.56 Å². The Morgan fingerprint density at radius 1 is 1.53 bits per heavy atom. The topological polar surface area (TPSA) is 87.8 Å². The molecular formula is C9H10ClN5O2. The van der Waals surface area contributed by atoms with E-state index in [4.69, 9.17) is 5.84 Å². The molecule has 1 aromatic rings. The molecule has 0 atom stereocenters. The number of rotatable bonds is 3. The van der Waals surface area contributed by atoms with E-state index < -0.39 is 4.92 Å². The number of nitrogens with zero attached hydrogens (tertiary/aromatic N) is 4. The summed E-state index contributed by atoms with van der Waals surface area (Å²) in [6.07, 6.45) is 0. The minimum Gasteiger partial charge on any atom is -1.00 e. The fraction of sp³-hybridized carbons (Fsp3) is 0.222. The maximum atomic E-state index is 10.4. The largest absolute Gasteiger partial charge is 1.00 e. The van der Waals surface area contributed by atoms with Crippen LogP contribution in [0.15, 0.2) is 29.4 Å². The minimum absolute atomic E-state index is 0. The molecule has 1 heterocycles. The lowest BCUT2D eigenvalue weighted by Crippen LogP contribution is -3.00. The summed E-state index contributed by atoms with van der Waals surface area (Å²) >= 11 is 0. The van der Waals surface area contributed by atoms with Crippen LogP contribution in [-0.4, -0.2) is 27.3 Å². The number of non-ortho nitro benzene ring substituents is 1. The zero-order chi connectivity index (χ0) is 11.5. The first-order chi connectivity index (χ1) is 7.65. The van der Waals surface area contributed by atoms with Crippen LogP contribution in [0.3, 0.4) is 0 Å². The third-order valence-corrected chi connectivity index (χ3v) is 2.14. The molecule has 0 saturated carbocycles. The maximum absolute atomic E-state index is 10.4. The number of hydrogen-bond acceptors (Lipinski definition) is 5. The fourth-order valence-electron chi connectivity index (χ4n) is 1.38. The van der Waals surface area contributed by atoms with E-state index in [0.29, 0.717) is 13.2 Å². The zero-order valence-corrected chi connectivity index (χ0v) is 9.54. The smallest absolute Gasteiger partial charge is 0.365 e. The van der Waals surface area contributed by atoms with Gasteiger partial charge in [0.1, 0.15) is 5.10 Å². The highest BCUT2D eigenvalue weighted by molar-refractivity contribution is 5.35. The monoisotopic (exact) mass is 255 g/mol. The van der Waals surface area contributed by atoms with Crippen molar-refractivity contribution in [2.45, 2.75) is 6.54 Å². The summed E-state index contributed by atoms with van der Waals surface area (Å²) in [5, 5.41) is 16.1. The molecule has 7 nitrogen and oxygen atoms in total. The third-order valence-electron chi connectivity index (χ3n) is 2.14. The summed E-state index contributed by atoms with van der Waals surface area (Å²) in [5.74, 6) is 5.44. The molecule has 0 bridgehead atoms. The normalized spacial score (nSPS) is 13.2. The summed E-state index contributed by atoms with van der Waals surface area (Å²) < 4.78 is 1.34. The average Bonchev–Trinajstić information content (AvgIpc) is 2.65. The van der Waals surface area contributed by atoms with Gasteiger partial charge in [0, 0.05) is 12.1 Å². The molecule has 0 saturated heterocycles. The van der Waals surface area contributed by atoms with E-state index in [-0.39, 0.29) is 18.1 Å². The van der Waals surface area contributed by atoms with Crippen molar-refractivity contribution in [2.24, 2.45) is 10.9 Å². The molecule has 8 heteroatoms. The van der Waals surface area contributed by atoms with Crippen LogP contribution >= 0.6 is 0 Å². The molecule has 0 spiro atoms. The summed E-state index contributed by atoms with van der Waals surface area (Å²) in [6.45, 7) is 1.02. The van der Waals surface area contributed by atoms with E-state index in [1.165, 1.54) is 16.8 Å². The van der Waals surface area contributed by atoms with E-state index in [1.54, 1.807) is 17.1 Å². The molecule has 0 amide bonds. The molecule has 0 aromatic heterocycles. The lowest BCUT2D eigenvalue weighted by atomic mass is 10.2. The van der Waals surface area contributed by atoms with E-state index in [0.717, 1.165) is 5.56 Å². The van der Waals surface area contributed by atoms with Crippen molar-refractivity contribution in [2.75, 3.05) is 6.67 Å². The fourth-order valence-corrected chi connectivity index (χ4v) is 1.38. The van der Waals surface area contributed by atoms with Crippen molar-refractivity contribution in [3.05, 3.63) is 39.9 Å². The first-order valence-electron chi connectivity index (χ1n) is 4.62. The van der Waals surface area contributed by atoms with Gasteiger partial charge in [-0.1, -0.05) is 16.8 Å². The van der Waals surface area contributed by atoms with Crippen LogP contribution in [0.1, 0.15) is 5.56 Å². The van der Waals surface area contributed by atoms with Crippen LogP contribution < -0.4 is 18.2 Å². The van der Waals surface area contributed by atoms with E-state index >= 15 is 0 Å². The molecule has 0 fully saturated rings. The Labute approximate surface area is 103 Å². The summed E-state index contributed by atoms with van der Waals surface area (Å²) in [6, 6.07) is 8.92. The number of nitro groups is 1. The van der Waals surface area contributed by atoms with Gasteiger partial charge in [0.2, 0.25) is 6.67 Å². The first kappa shape index (κ1) is 13.0. The van der Waals surface area contributed by atoms with Crippen molar-refractivity contribution < 1.29 is 22.0 Å². The minimum atomic E-state index is -0.423. The average molecular weight is 256 g/mol. The number of nitro benzene ring substituents is 1. The predicted octanol–water partition coefficient (Wildman–Crippen LogP) is -2.65. The molecule has 2 rings (SSSR count). The van der Waals surface area contributed by atoms with Crippen molar-refractivity contribution in [3.8, 4) is 0 Å². The molecule has 2 N–H and O–H groups in total. The van der Waals surface area contributed by atoms with Crippen molar-refractivity contribution >= 4 is 11.7 Å². The van der Waals surface area contributed by atoms with E-state index in [2.05, 4.69) is 11.1 Å².